The van der Waals surface area contributed by atoms with E-state index >= 15 is 0 Å². The van der Waals surface area contributed by atoms with Crippen LogP contribution in [0, 0.1) is 0 Å². The van der Waals surface area contributed by atoms with Crippen molar-refractivity contribution >= 4 is 50.5 Å². The monoisotopic (exact) mass is 516 g/mol. The predicted octanol–water partition coefficient (Wildman–Crippen LogP) is 5.42. The van der Waals surface area contributed by atoms with E-state index in [1.807, 2.05) is 6.07 Å². The summed E-state index contributed by atoms with van der Waals surface area (Å²) in [7, 11) is -3.80. The Kier molecular flexibility index (Phi) is 7.16. The summed E-state index contributed by atoms with van der Waals surface area (Å²) < 4.78 is 32.8. The van der Waals surface area contributed by atoms with Crippen LogP contribution in [0.4, 0.5) is 11.4 Å². The van der Waals surface area contributed by atoms with Crippen molar-refractivity contribution < 1.29 is 17.7 Å². The maximum atomic E-state index is 12.6. The Balaban J connectivity index is 1.33. The summed E-state index contributed by atoms with van der Waals surface area (Å²) in [5, 5.41) is 7.53. The first-order valence-corrected chi connectivity index (χ1v) is 12.3. The summed E-state index contributed by atoms with van der Waals surface area (Å²) in [4.78, 5) is 16.6. The third-order valence-electron chi connectivity index (χ3n) is 4.67. The van der Waals surface area contributed by atoms with E-state index in [-0.39, 0.29) is 23.6 Å². The minimum atomic E-state index is -3.80. The molecule has 1 heterocycles. The number of nitrogens with one attached hydrogen (secondary N) is 2. The Hall–Kier alpha value is -3.40. The largest absolute Gasteiger partial charge is 0.339 e. The van der Waals surface area contributed by atoms with Crippen LogP contribution < -0.4 is 10.0 Å². The van der Waals surface area contributed by atoms with Crippen LogP contribution in [0.2, 0.25) is 10.0 Å². The first-order chi connectivity index (χ1) is 16.3. The molecular formula is C23H18Cl2N4O4S. The summed E-state index contributed by atoms with van der Waals surface area (Å²) >= 11 is 12.0. The third-order valence-corrected chi connectivity index (χ3v) is 6.64. The Morgan fingerprint density at radius 1 is 0.941 bits per heavy atom. The van der Waals surface area contributed by atoms with E-state index in [4.69, 9.17) is 27.7 Å². The molecule has 0 aliphatic carbocycles. The van der Waals surface area contributed by atoms with Crippen LogP contribution in [0.5, 0.6) is 0 Å². The number of rotatable bonds is 8. The van der Waals surface area contributed by atoms with Crippen LogP contribution in [0.15, 0.2) is 82.2 Å². The zero-order chi connectivity index (χ0) is 24.1. The highest BCUT2D eigenvalue weighted by molar-refractivity contribution is 7.92. The number of carbonyl (C=O) groups is 1. The smallest absolute Gasteiger partial charge is 0.261 e. The molecule has 174 valence electrons. The zero-order valence-corrected chi connectivity index (χ0v) is 19.9. The van der Waals surface area contributed by atoms with E-state index in [0.717, 1.165) is 0 Å². The molecule has 0 fully saturated rings. The van der Waals surface area contributed by atoms with E-state index in [9.17, 15) is 13.2 Å². The van der Waals surface area contributed by atoms with E-state index < -0.39 is 10.0 Å². The molecule has 0 bridgehead atoms. The number of nitrogens with zero attached hydrogens (tertiary/aromatic N) is 2. The Labute approximate surface area is 206 Å². The average molecular weight is 517 g/mol. The number of aromatic nitrogens is 2. The number of hydrogen-bond donors (Lipinski definition) is 2. The highest BCUT2D eigenvalue weighted by Crippen LogP contribution is 2.25. The lowest BCUT2D eigenvalue weighted by atomic mass is 10.2. The van der Waals surface area contributed by atoms with Gasteiger partial charge in [-0.15, -0.1) is 0 Å². The molecule has 0 atom stereocenters. The summed E-state index contributed by atoms with van der Waals surface area (Å²) in [6.07, 6.45) is 0.333. The number of carbonyl (C=O) groups excluding carboxylic acids is 1. The first kappa shape index (κ1) is 23.7. The normalized spacial score (nSPS) is 11.2. The molecule has 1 aromatic heterocycles. The molecule has 34 heavy (non-hydrogen) atoms. The number of anilines is 2. The standard InChI is InChI=1S/C23H18Cl2N4O4S/c24-15-4-3-5-17(14-15)29-34(31,32)18-10-8-16(9-11-18)26-21(30)12-13-22-27-23(28-33-22)19-6-1-2-7-20(19)25/h1-11,14,29H,12-13H2,(H,26,30). The number of sulfonamides is 1. The van der Waals surface area contributed by atoms with Crippen LogP contribution in [-0.2, 0) is 21.2 Å². The minimum Gasteiger partial charge on any atom is -0.339 e. The Morgan fingerprint density at radius 2 is 1.71 bits per heavy atom. The van der Waals surface area contributed by atoms with Crippen LogP contribution in [-0.4, -0.2) is 24.5 Å². The molecule has 0 spiro atoms. The van der Waals surface area contributed by atoms with Crippen LogP contribution >= 0.6 is 23.2 Å². The lowest BCUT2D eigenvalue weighted by Crippen LogP contribution is -2.14. The van der Waals surface area contributed by atoms with Crippen LogP contribution in [0.25, 0.3) is 11.4 Å². The zero-order valence-electron chi connectivity index (χ0n) is 17.5. The molecule has 4 aromatic rings. The highest BCUT2D eigenvalue weighted by Gasteiger charge is 2.16. The van der Waals surface area contributed by atoms with Gasteiger partial charge in [0.05, 0.1) is 15.6 Å². The van der Waals surface area contributed by atoms with Gasteiger partial charge in [-0.25, -0.2) is 8.42 Å². The summed E-state index contributed by atoms with van der Waals surface area (Å²) in [6.45, 7) is 0. The number of benzene rings is 3. The van der Waals surface area contributed by atoms with Gasteiger partial charge in [-0.2, -0.15) is 4.98 Å². The van der Waals surface area contributed by atoms with Gasteiger partial charge in [0.1, 0.15) is 0 Å². The topological polar surface area (TPSA) is 114 Å². The molecule has 3 aromatic carbocycles. The van der Waals surface area contributed by atoms with Crippen molar-refractivity contribution in [3.63, 3.8) is 0 Å². The van der Waals surface area contributed by atoms with Gasteiger partial charge in [-0.05, 0) is 54.6 Å². The number of halogens is 2. The molecule has 0 saturated carbocycles. The summed E-state index contributed by atoms with van der Waals surface area (Å²) in [5.74, 6) is 0.368. The van der Waals surface area contributed by atoms with Gasteiger partial charge >= 0.3 is 0 Å². The lowest BCUT2D eigenvalue weighted by Gasteiger charge is -2.09. The highest BCUT2D eigenvalue weighted by atomic mass is 35.5. The Bertz CT molecular complexity index is 1420. The molecule has 0 aliphatic rings. The van der Waals surface area contributed by atoms with Crippen molar-refractivity contribution in [3.8, 4) is 11.4 Å². The molecule has 11 heteroatoms. The molecule has 1 amide bonds. The van der Waals surface area contributed by atoms with Crippen molar-refractivity contribution in [1.29, 1.82) is 0 Å². The van der Waals surface area contributed by atoms with E-state index in [0.29, 0.717) is 38.7 Å². The van der Waals surface area contributed by atoms with Gasteiger partial charge in [0, 0.05) is 29.1 Å². The second-order valence-electron chi connectivity index (χ2n) is 7.18. The quantitative estimate of drug-likeness (QED) is 0.323. The fourth-order valence-corrected chi connectivity index (χ4v) is 4.50. The van der Waals surface area contributed by atoms with Crippen molar-refractivity contribution in [2.45, 2.75) is 17.7 Å². The van der Waals surface area contributed by atoms with E-state index in [1.54, 1.807) is 36.4 Å². The molecule has 2 N–H and O–H groups in total. The molecular weight excluding hydrogens is 499 g/mol. The molecule has 0 unspecified atom stereocenters. The fraction of sp³-hybridized carbons (Fsp3) is 0.0870. The lowest BCUT2D eigenvalue weighted by molar-refractivity contribution is -0.116. The second kappa shape index (κ2) is 10.3. The summed E-state index contributed by atoms with van der Waals surface area (Å²) in [6, 6.07) is 19.3. The van der Waals surface area contributed by atoms with Gasteiger partial charge in [0.2, 0.25) is 17.6 Å². The first-order valence-electron chi connectivity index (χ1n) is 10.1. The van der Waals surface area contributed by atoms with Crippen molar-refractivity contribution in [2.24, 2.45) is 0 Å². The predicted molar refractivity (Wildman–Crippen MR) is 130 cm³/mol. The maximum Gasteiger partial charge on any atom is 0.261 e. The molecule has 4 rings (SSSR count). The van der Waals surface area contributed by atoms with Crippen molar-refractivity contribution in [2.75, 3.05) is 10.0 Å². The van der Waals surface area contributed by atoms with Crippen LogP contribution in [0.1, 0.15) is 12.3 Å². The van der Waals surface area contributed by atoms with E-state index in [1.165, 1.54) is 30.3 Å². The molecule has 0 radical (unpaired) electrons. The fourth-order valence-electron chi connectivity index (χ4n) is 3.04. The van der Waals surface area contributed by atoms with Gasteiger partial charge in [-0.3, -0.25) is 9.52 Å². The average Bonchev–Trinajstić information content (AvgIpc) is 3.27. The minimum absolute atomic E-state index is 0.0448. The molecule has 0 aliphatic heterocycles. The van der Waals surface area contributed by atoms with Gasteiger partial charge in [-0.1, -0.05) is 46.6 Å². The van der Waals surface area contributed by atoms with Crippen LogP contribution in [0.3, 0.4) is 0 Å². The SMILES string of the molecule is O=C(CCc1nc(-c2ccccc2Cl)no1)Nc1ccc(S(=O)(=O)Nc2cccc(Cl)c2)cc1. The second-order valence-corrected chi connectivity index (χ2v) is 9.71. The van der Waals surface area contributed by atoms with Crippen molar-refractivity contribution in [1.82, 2.24) is 10.1 Å². The Morgan fingerprint density at radius 3 is 2.44 bits per heavy atom. The number of aryl methyl sites for hydroxylation is 1. The maximum absolute atomic E-state index is 12.6. The summed E-state index contributed by atoms with van der Waals surface area (Å²) in [5.41, 5.74) is 1.45. The van der Waals surface area contributed by atoms with Gasteiger partial charge < -0.3 is 9.84 Å². The number of hydrogen-bond acceptors (Lipinski definition) is 6. The van der Waals surface area contributed by atoms with Crippen molar-refractivity contribution in [3.05, 3.63) is 88.7 Å². The van der Waals surface area contributed by atoms with Gasteiger partial charge in [0.25, 0.3) is 10.0 Å². The van der Waals surface area contributed by atoms with Gasteiger partial charge in [0.15, 0.2) is 0 Å². The molecule has 0 saturated heterocycles. The van der Waals surface area contributed by atoms with E-state index in [2.05, 4.69) is 20.2 Å². The number of amides is 1. The third kappa shape index (κ3) is 5.93. The molecule has 8 nitrogen and oxygen atoms in total.